The van der Waals surface area contributed by atoms with Crippen molar-refractivity contribution in [1.82, 2.24) is 0 Å². The van der Waals surface area contributed by atoms with E-state index in [2.05, 4.69) is 13.2 Å². The summed E-state index contributed by atoms with van der Waals surface area (Å²) in [5.41, 5.74) is -0.416. The van der Waals surface area contributed by atoms with Crippen LogP contribution in [0.15, 0.2) is 61.7 Å². The number of carbonyl (C=O) groups is 2. The first kappa shape index (κ1) is 35.4. The van der Waals surface area contributed by atoms with Gasteiger partial charge in [0, 0.05) is 0 Å². The number of nitrogens with zero attached hydrogens (tertiary/aromatic N) is 1. The van der Waals surface area contributed by atoms with Crippen LogP contribution in [-0.2, 0) is 31.9 Å². The lowest BCUT2D eigenvalue weighted by atomic mass is 9.76. The number of halogens is 2. The van der Waals surface area contributed by atoms with Gasteiger partial charge in [0.15, 0.2) is 22.8 Å². The highest BCUT2D eigenvalue weighted by molar-refractivity contribution is 6.78. The van der Waals surface area contributed by atoms with Crippen LogP contribution in [0.1, 0.15) is 64.7 Å². The molecule has 232 valence electrons. The monoisotopic (exact) mass is 611 g/mol. The highest BCUT2D eigenvalue weighted by Gasteiger charge is 2.50. The second-order valence-electron chi connectivity index (χ2n) is 11.7. The summed E-state index contributed by atoms with van der Waals surface area (Å²) >= 11 is 0. The van der Waals surface area contributed by atoms with Crippen molar-refractivity contribution in [3.05, 3.63) is 90.0 Å². The lowest BCUT2D eigenvalue weighted by Crippen LogP contribution is -2.51. The van der Waals surface area contributed by atoms with Crippen LogP contribution in [-0.4, -0.2) is 33.5 Å². The van der Waals surface area contributed by atoms with Crippen molar-refractivity contribution in [1.29, 1.82) is 5.26 Å². The number of ether oxygens (including phenoxy) is 2. The maximum Gasteiger partial charge on any atom is 0.324 e. The van der Waals surface area contributed by atoms with E-state index < -0.39 is 43.1 Å². The minimum absolute atomic E-state index is 0.0687. The first-order chi connectivity index (χ1) is 20.3. The molecule has 43 heavy (non-hydrogen) atoms. The summed E-state index contributed by atoms with van der Waals surface area (Å²) < 4.78 is 48.4. The Kier molecular flexibility index (Phi) is 12.9. The molecule has 2 aromatic carbocycles. The van der Waals surface area contributed by atoms with E-state index >= 15 is 8.78 Å². The molecule has 0 bridgehead atoms. The summed E-state index contributed by atoms with van der Waals surface area (Å²) in [5.74, 6) is -4.06. The summed E-state index contributed by atoms with van der Waals surface area (Å²) in [5, 5.41) is 9.11. The fraction of sp³-hybridized carbons (Fsp3) is 0.441. The summed E-state index contributed by atoms with van der Waals surface area (Å²) in [6, 6.07) is 10.9. The normalized spacial score (nSPS) is 11.8. The molecule has 6 nitrogen and oxygen atoms in total. The van der Waals surface area contributed by atoms with E-state index in [-0.39, 0.29) is 54.7 Å². The minimum Gasteiger partial charge on any atom is -0.539 e. The number of hydrogen-bond donors (Lipinski definition) is 0. The van der Waals surface area contributed by atoms with Crippen LogP contribution < -0.4 is 4.43 Å². The number of rotatable bonds is 16. The fourth-order valence-electron chi connectivity index (χ4n) is 5.86. The van der Waals surface area contributed by atoms with Gasteiger partial charge in [0.05, 0.1) is 11.6 Å². The smallest absolute Gasteiger partial charge is 0.324 e. The Balaban J connectivity index is 2.61. The molecule has 0 heterocycles. The molecule has 0 aliphatic rings. The Bertz CT molecular complexity index is 1260. The van der Waals surface area contributed by atoms with Gasteiger partial charge in [-0.1, -0.05) is 79.0 Å². The van der Waals surface area contributed by atoms with Crippen molar-refractivity contribution in [3.63, 3.8) is 0 Å². The van der Waals surface area contributed by atoms with Crippen molar-refractivity contribution in [2.45, 2.75) is 77.4 Å². The van der Waals surface area contributed by atoms with Gasteiger partial charge in [0.2, 0.25) is 0 Å². The second-order valence-corrected chi connectivity index (χ2v) is 17.0. The highest BCUT2D eigenvalue weighted by atomic mass is 28.4. The summed E-state index contributed by atoms with van der Waals surface area (Å²) in [7, 11) is -2.69. The minimum atomic E-state index is -2.69. The van der Waals surface area contributed by atoms with Crippen molar-refractivity contribution in [2.24, 2.45) is 5.41 Å². The maximum absolute atomic E-state index is 15.7. The van der Waals surface area contributed by atoms with Crippen LogP contribution in [0.4, 0.5) is 8.78 Å². The molecule has 2 rings (SSSR count). The van der Waals surface area contributed by atoms with E-state index in [1.807, 2.05) is 47.6 Å². The summed E-state index contributed by atoms with van der Waals surface area (Å²) in [6.07, 6.45) is 2.46. The summed E-state index contributed by atoms with van der Waals surface area (Å²) in [6.45, 7) is 18.9. The van der Waals surface area contributed by atoms with Crippen molar-refractivity contribution < 1.29 is 32.3 Å². The van der Waals surface area contributed by atoms with E-state index in [9.17, 15) is 9.59 Å². The predicted molar refractivity (Wildman–Crippen MR) is 166 cm³/mol. The molecule has 2 aromatic rings. The molecule has 0 saturated carbocycles. The Hall–Kier alpha value is -3.77. The van der Waals surface area contributed by atoms with Crippen molar-refractivity contribution >= 4 is 20.3 Å². The summed E-state index contributed by atoms with van der Waals surface area (Å²) in [4.78, 5) is 27.1. The van der Waals surface area contributed by atoms with Gasteiger partial charge >= 0.3 is 11.9 Å². The molecule has 0 saturated heterocycles. The van der Waals surface area contributed by atoms with Gasteiger partial charge < -0.3 is 13.9 Å². The van der Waals surface area contributed by atoms with Crippen LogP contribution in [0.3, 0.4) is 0 Å². The van der Waals surface area contributed by atoms with Crippen molar-refractivity contribution in [2.75, 3.05) is 13.2 Å². The van der Waals surface area contributed by atoms with Gasteiger partial charge in [0.25, 0.3) is 8.32 Å². The maximum atomic E-state index is 15.7. The molecule has 0 fully saturated rings. The largest absolute Gasteiger partial charge is 0.539 e. The lowest BCUT2D eigenvalue weighted by Gasteiger charge is -2.42. The van der Waals surface area contributed by atoms with Gasteiger partial charge in [0.1, 0.15) is 13.2 Å². The van der Waals surface area contributed by atoms with E-state index in [1.165, 1.54) is 12.2 Å². The zero-order valence-corrected chi connectivity index (χ0v) is 27.0. The molecular weight excluding hydrogens is 568 g/mol. The van der Waals surface area contributed by atoms with Gasteiger partial charge in [-0.2, -0.15) is 5.26 Å². The second kappa shape index (κ2) is 15.6. The molecule has 0 amide bonds. The number of hydrogen-bond acceptors (Lipinski definition) is 6. The molecule has 9 heteroatoms. The molecular formula is C34H43F2NO5Si. The third-order valence-electron chi connectivity index (χ3n) is 7.92. The SMILES string of the molecule is C=CCOC(=O)C(CCc1ccc(C#N)cc1)(Cc1cc(F)c(O[Si](C(C)C)(C(C)C)C(C)C)c(F)c1)C(=O)OCC=C. The standard InChI is InChI=1S/C34H43F2NO5Si/c1-9-17-40-32(38)34(33(39)41-18-10-2,16-15-26-11-13-27(22-37)14-12-26)21-28-19-29(35)31(30(36)20-28)42-43(23(3)4,24(5)6)25(7)8/h9-14,19-20,23-25H,1-2,15-18,21H2,3-8H3. The van der Waals surface area contributed by atoms with Gasteiger partial charge in [-0.3, -0.25) is 9.59 Å². The number of esters is 2. The number of aryl methyl sites for hydroxylation is 1. The molecule has 0 atom stereocenters. The topological polar surface area (TPSA) is 85.6 Å². The fourth-order valence-corrected chi connectivity index (χ4v) is 11.1. The third-order valence-corrected chi connectivity index (χ3v) is 13.9. The average Bonchev–Trinajstić information content (AvgIpc) is 2.96. The zero-order chi connectivity index (χ0) is 32.4. The quantitative estimate of drug-likeness (QED) is 0.0827. The average molecular weight is 612 g/mol. The van der Waals surface area contributed by atoms with E-state index in [4.69, 9.17) is 19.2 Å². The Labute approximate surface area is 255 Å². The van der Waals surface area contributed by atoms with Gasteiger partial charge in [-0.15, -0.1) is 0 Å². The van der Waals surface area contributed by atoms with E-state index in [0.717, 1.165) is 17.7 Å². The molecule has 0 aromatic heterocycles. The third kappa shape index (κ3) is 8.20. The number of carbonyl (C=O) groups excluding carboxylic acids is 2. The molecule has 0 aliphatic carbocycles. The molecule has 0 spiro atoms. The number of nitriles is 1. The van der Waals surface area contributed by atoms with Gasteiger partial charge in [-0.25, -0.2) is 8.78 Å². The predicted octanol–water partition coefficient (Wildman–Crippen LogP) is 8.01. The van der Waals surface area contributed by atoms with Gasteiger partial charge in [-0.05, 0) is 71.3 Å². The lowest BCUT2D eigenvalue weighted by molar-refractivity contribution is -0.171. The molecule has 0 aliphatic heterocycles. The van der Waals surface area contributed by atoms with Crippen LogP contribution in [0.25, 0.3) is 0 Å². The van der Waals surface area contributed by atoms with Crippen LogP contribution in [0.5, 0.6) is 5.75 Å². The van der Waals surface area contributed by atoms with Crippen molar-refractivity contribution in [3.8, 4) is 11.8 Å². The first-order valence-electron chi connectivity index (χ1n) is 14.5. The van der Waals surface area contributed by atoms with Crippen LogP contribution in [0, 0.1) is 28.4 Å². The Morgan fingerprint density at radius 3 is 1.74 bits per heavy atom. The zero-order valence-electron chi connectivity index (χ0n) is 26.0. The van der Waals surface area contributed by atoms with E-state index in [1.54, 1.807) is 24.3 Å². The van der Waals surface area contributed by atoms with Crippen LogP contribution >= 0.6 is 0 Å². The first-order valence-corrected chi connectivity index (χ1v) is 16.6. The Morgan fingerprint density at radius 1 is 0.884 bits per heavy atom. The highest BCUT2D eigenvalue weighted by Crippen LogP contribution is 2.44. The Morgan fingerprint density at radius 2 is 1.35 bits per heavy atom. The van der Waals surface area contributed by atoms with E-state index in [0.29, 0.717) is 5.56 Å². The van der Waals surface area contributed by atoms with Crippen LogP contribution in [0.2, 0.25) is 16.6 Å². The number of benzene rings is 2. The molecule has 0 unspecified atom stereocenters. The molecule has 0 N–H and O–H groups in total. The molecule has 0 radical (unpaired) electrons.